The van der Waals surface area contributed by atoms with Crippen molar-refractivity contribution in [1.29, 1.82) is 0 Å². The summed E-state index contributed by atoms with van der Waals surface area (Å²) in [5, 5.41) is 17.5. The molecule has 1 aliphatic rings. The third-order valence-electron chi connectivity index (χ3n) is 5.92. The smallest absolute Gasteiger partial charge is 0.246 e. The highest BCUT2D eigenvalue weighted by molar-refractivity contribution is 5.89. The fourth-order valence-electron chi connectivity index (χ4n) is 4.26. The van der Waals surface area contributed by atoms with E-state index in [9.17, 15) is 0 Å². The monoisotopic (exact) mass is 405 g/mol. The highest BCUT2D eigenvalue weighted by Crippen LogP contribution is 2.30. The Morgan fingerprint density at radius 1 is 1.07 bits per heavy atom. The van der Waals surface area contributed by atoms with E-state index in [-0.39, 0.29) is 11.3 Å². The molecule has 2 aromatic heterocycles. The van der Waals surface area contributed by atoms with Crippen LogP contribution in [-0.2, 0) is 7.05 Å². The molecule has 0 aliphatic carbocycles. The van der Waals surface area contributed by atoms with Crippen molar-refractivity contribution in [2.75, 3.05) is 25.0 Å². The average Bonchev–Trinajstić information content (AvgIpc) is 3.14. The van der Waals surface area contributed by atoms with Crippen molar-refractivity contribution >= 4 is 27.9 Å². The third-order valence-corrected chi connectivity index (χ3v) is 5.92. The van der Waals surface area contributed by atoms with E-state index in [0.717, 1.165) is 53.5 Å². The molecule has 0 atom stereocenters. The van der Waals surface area contributed by atoms with Gasteiger partial charge in [-0.3, -0.25) is 4.68 Å². The molecule has 0 unspecified atom stereocenters. The van der Waals surface area contributed by atoms with Gasteiger partial charge in [-0.25, -0.2) is 9.37 Å². The molecule has 3 heterocycles. The van der Waals surface area contributed by atoms with Crippen LogP contribution >= 0.6 is 0 Å². The zero-order chi connectivity index (χ0) is 20.8. The Kier molecular flexibility index (Phi) is 4.58. The fraction of sp³-hybridized carbons (Fsp3) is 0.364. The second-order valence-corrected chi connectivity index (χ2v) is 8.06. The standard InChI is InChI=1S/C22H24FN7/c1-13-8-14(9-16-12-29(2)28-20(13)16)15-10-18(23)21-19(11-15)26-27-22(25-21)30(3)17-4-6-24-7-5-17/h8-12,17,24H,4-7H2,1-3H3. The first-order valence-corrected chi connectivity index (χ1v) is 10.2. The molecule has 5 rings (SSSR count). The Hall–Kier alpha value is -3.13. The van der Waals surface area contributed by atoms with E-state index in [2.05, 4.69) is 25.6 Å². The molecule has 0 radical (unpaired) electrons. The molecule has 0 amide bonds. The Balaban J connectivity index is 1.54. The molecule has 30 heavy (non-hydrogen) atoms. The summed E-state index contributed by atoms with van der Waals surface area (Å²) >= 11 is 0. The normalized spacial score (nSPS) is 15.2. The maximum absolute atomic E-state index is 15.1. The van der Waals surface area contributed by atoms with Gasteiger partial charge in [0.1, 0.15) is 11.0 Å². The number of piperidine rings is 1. The Morgan fingerprint density at radius 3 is 2.63 bits per heavy atom. The number of anilines is 1. The van der Waals surface area contributed by atoms with Crippen molar-refractivity contribution in [2.24, 2.45) is 7.05 Å². The van der Waals surface area contributed by atoms with Crippen molar-refractivity contribution < 1.29 is 4.39 Å². The molecule has 1 fully saturated rings. The van der Waals surface area contributed by atoms with Crippen LogP contribution in [0.15, 0.2) is 30.5 Å². The first-order chi connectivity index (χ1) is 14.5. The molecule has 4 aromatic rings. The maximum Gasteiger partial charge on any atom is 0.246 e. The quantitative estimate of drug-likeness (QED) is 0.564. The van der Waals surface area contributed by atoms with Crippen LogP contribution in [0.5, 0.6) is 0 Å². The van der Waals surface area contributed by atoms with Gasteiger partial charge in [-0.15, -0.1) is 10.2 Å². The number of aromatic nitrogens is 5. The molecule has 1 aliphatic heterocycles. The summed E-state index contributed by atoms with van der Waals surface area (Å²) < 4.78 is 16.9. The number of hydrogen-bond acceptors (Lipinski definition) is 6. The lowest BCUT2D eigenvalue weighted by Gasteiger charge is -2.31. The molecular formula is C22H24FN7. The molecule has 154 valence electrons. The highest BCUT2D eigenvalue weighted by atomic mass is 19.1. The molecule has 7 nitrogen and oxygen atoms in total. The molecule has 0 spiro atoms. The summed E-state index contributed by atoms with van der Waals surface area (Å²) in [6.45, 7) is 3.95. The van der Waals surface area contributed by atoms with Crippen LogP contribution < -0.4 is 10.2 Å². The second-order valence-electron chi connectivity index (χ2n) is 8.06. The number of benzene rings is 2. The van der Waals surface area contributed by atoms with E-state index in [0.29, 0.717) is 17.5 Å². The van der Waals surface area contributed by atoms with Crippen LogP contribution in [-0.4, -0.2) is 51.1 Å². The van der Waals surface area contributed by atoms with Crippen molar-refractivity contribution in [3.05, 3.63) is 41.8 Å². The molecule has 2 aromatic carbocycles. The van der Waals surface area contributed by atoms with E-state index in [4.69, 9.17) is 0 Å². The van der Waals surface area contributed by atoms with Gasteiger partial charge >= 0.3 is 0 Å². The average molecular weight is 405 g/mol. The van der Waals surface area contributed by atoms with Crippen LogP contribution in [0.3, 0.4) is 0 Å². The number of nitrogens with one attached hydrogen (secondary N) is 1. The minimum atomic E-state index is -0.388. The third kappa shape index (κ3) is 3.27. The Bertz CT molecular complexity index is 1240. The molecule has 1 saturated heterocycles. The van der Waals surface area contributed by atoms with E-state index in [1.54, 1.807) is 4.68 Å². The molecule has 0 bridgehead atoms. The largest absolute Gasteiger partial charge is 0.339 e. The van der Waals surface area contributed by atoms with E-state index in [1.807, 2.05) is 50.3 Å². The van der Waals surface area contributed by atoms with Crippen molar-refractivity contribution in [3.8, 4) is 11.1 Å². The molecule has 8 heteroatoms. The van der Waals surface area contributed by atoms with Crippen molar-refractivity contribution in [3.63, 3.8) is 0 Å². The van der Waals surface area contributed by atoms with Gasteiger partial charge in [-0.1, -0.05) is 0 Å². The molecule has 0 saturated carbocycles. The lowest BCUT2D eigenvalue weighted by Crippen LogP contribution is -2.42. The zero-order valence-electron chi connectivity index (χ0n) is 17.4. The minimum Gasteiger partial charge on any atom is -0.339 e. The SMILES string of the molecule is Cc1cc(-c2cc(F)c3nc(N(C)C4CCNCC4)nnc3c2)cc2cn(C)nc12. The first-order valence-electron chi connectivity index (χ1n) is 10.2. The molecule has 1 N–H and O–H groups in total. The number of nitrogens with zero attached hydrogens (tertiary/aromatic N) is 6. The first kappa shape index (κ1) is 18.9. The number of hydrogen-bond donors (Lipinski definition) is 1. The van der Waals surface area contributed by atoms with Crippen LogP contribution in [0.4, 0.5) is 10.3 Å². The van der Waals surface area contributed by atoms with E-state index in [1.165, 1.54) is 6.07 Å². The summed E-state index contributed by atoms with van der Waals surface area (Å²) in [5.41, 5.74) is 4.39. The predicted molar refractivity (Wildman–Crippen MR) is 116 cm³/mol. The Labute approximate surface area is 173 Å². The predicted octanol–water partition coefficient (Wildman–Crippen LogP) is 3.21. The van der Waals surface area contributed by atoms with Gasteiger partial charge in [0.05, 0.1) is 5.52 Å². The number of fused-ring (bicyclic) bond motifs is 2. The van der Waals surface area contributed by atoms with Gasteiger partial charge < -0.3 is 10.2 Å². The summed E-state index contributed by atoms with van der Waals surface area (Å²) in [6.07, 6.45) is 3.98. The van der Waals surface area contributed by atoms with Gasteiger partial charge in [-0.2, -0.15) is 5.10 Å². The number of aryl methyl sites for hydroxylation is 2. The van der Waals surface area contributed by atoms with Gasteiger partial charge in [0.25, 0.3) is 0 Å². The van der Waals surface area contributed by atoms with Gasteiger partial charge in [0.15, 0.2) is 5.82 Å². The topological polar surface area (TPSA) is 71.8 Å². The fourth-order valence-corrected chi connectivity index (χ4v) is 4.26. The van der Waals surface area contributed by atoms with Gasteiger partial charge in [0, 0.05) is 31.7 Å². The van der Waals surface area contributed by atoms with Crippen LogP contribution in [0.25, 0.3) is 33.1 Å². The summed E-state index contributed by atoms with van der Waals surface area (Å²) in [6, 6.07) is 7.76. The number of halogens is 1. The summed E-state index contributed by atoms with van der Waals surface area (Å²) in [5.74, 6) is 0.0787. The van der Waals surface area contributed by atoms with Crippen molar-refractivity contribution in [1.82, 2.24) is 30.3 Å². The van der Waals surface area contributed by atoms with Crippen LogP contribution in [0, 0.1) is 12.7 Å². The minimum absolute atomic E-state index is 0.253. The van der Waals surface area contributed by atoms with E-state index < -0.39 is 0 Å². The molecular weight excluding hydrogens is 381 g/mol. The maximum atomic E-state index is 15.1. The summed E-state index contributed by atoms with van der Waals surface area (Å²) in [4.78, 5) is 6.51. The van der Waals surface area contributed by atoms with E-state index >= 15 is 4.39 Å². The van der Waals surface area contributed by atoms with Gasteiger partial charge in [-0.05, 0) is 73.8 Å². The Morgan fingerprint density at radius 2 is 1.83 bits per heavy atom. The van der Waals surface area contributed by atoms with Gasteiger partial charge in [0.2, 0.25) is 5.95 Å². The van der Waals surface area contributed by atoms with Crippen LogP contribution in [0.2, 0.25) is 0 Å². The van der Waals surface area contributed by atoms with Crippen LogP contribution in [0.1, 0.15) is 18.4 Å². The number of rotatable bonds is 3. The lowest BCUT2D eigenvalue weighted by atomic mass is 10.0. The zero-order valence-corrected chi connectivity index (χ0v) is 17.4. The lowest BCUT2D eigenvalue weighted by molar-refractivity contribution is 0.439. The highest BCUT2D eigenvalue weighted by Gasteiger charge is 2.21. The van der Waals surface area contributed by atoms with Crippen molar-refractivity contribution in [2.45, 2.75) is 25.8 Å². The second kappa shape index (κ2) is 7.28. The summed E-state index contributed by atoms with van der Waals surface area (Å²) in [7, 11) is 3.85.